The van der Waals surface area contributed by atoms with E-state index in [1.165, 1.54) is 6.42 Å². The SMILES string of the molecule is CC[C@@H]1COC[C@@H]1C. The maximum atomic E-state index is 5.26. The minimum atomic E-state index is 0.806. The highest BCUT2D eigenvalue weighted by Gasteiger charge is 2.21. The summed E-state index contributed by atoms with van der Waals surface area (Å²) in [5.74, 6) is 1.65. The first-order chi connectivity index (χ1) is 3.84. The molecule has 0 amide bonds. The van der Waals surface area contributed by atoms with Crippen molar-refractivity contribution in [1.29, 1.82) is 0 Å². The third kappa shape index (κ3) is 1.03. The average molecular weight is 114 g/mol. The van der Waals surface area contributed by atoms with Gasteiger partial charge in [0, 0.05) is 13.2 Å². The van der Waals surface area contributed by atoms with Crippen LogP contribution in [0.3, 0.4) is 0 Å². The molecule has 2 atom stereocenters. The van der Waals surface area contributed by atoms with Gasteiger partial charge in [0.1, 0.15) is 0 Å². The lowest BCUT2D eigenvalue weighted by Crippen LogP contribution is -2.06. The Kier molecular flexibility index (Phi) is 1.90. The van der Waals surface area contributed by atoms with Crippen molar-refractivity contribution in [3.63, 3.8) is 0 Å². The van der Waals surface area contributed by atoms with Gasteiger partial charge < -0.3 is 4.74 Å². The van der Waals surface area contributed by atoms with Gasteiger partial charge in [-0.2, -0.15) is 0 Å². The Morgan fingerprint density at radius 1 is 1.50 bits per heavy atom. The Morgan fingerprint density at radius 2 is 2.25 bits per heavy atom. The van der Waals surface area contributed by atoms with Crippen LogP contribution in [0.15, 0.2) is 0 Å². The standard InChI is InChI=1S/C7H14O/c1-3-7-5-8-4-6(7)2/h6-7H,3-5H2,1-2H3/t6-,7+/m0/s1. The van der Waals surface area contributed by atoms with Crippen LogP contribution in [0.2, 0.25) is 0 Å². The van der Waals surface area contributed by atoms with Crippen molar-refractivity contribution in [2.75, 3.05) is 13.2 Å². The van der Waals surface area contributed by atoms with E-state index >= 15 is 0 Å². The molecule has 0 spiro atoms. The summed E-state index contributed by atoms with van der Waals surface area (Å²) in [4.78, 5) is 0. The van der Waals surface area contributed by atoms with Gasteiger partial charge in [-0.25, -0.2) is 0 Å². The molecule has 0 unspecified atom stereocenters. The van der Waals surface area contributed by atoms with Gasteiger partial charge in [-0.15, -0.1) is 0 Å². The molecule has 0 radical (unpaired) electrons. The molecule has 1 aliphatic rings. The molecule has 0 aliphatic carbocycles. The summed E-state index contributed by atoms with van der Waals surface area (Å²) in [6.07, 6.45) is 1.28. The van der Waals surface area contributed by atoms with E-state index < -0.39 is 0 Å². The molecule has 0 bridgehead atoms. The lowest BCUT2D eigenvalue weighted by molar-refractivity contribution is 0.181. The lowest BCUT2D eigenvalue weighted by atomic mass is 9.96. The first-order valence-corrected chi connectivity index (χ1v) is 3.42. The van der Waals surface area contributed by atoms with Crippen LogP contribution in [0.1, 0.15) is 20.3 Å². The second kappa shape index (κ2) is 2.49. The van der Waals surface area contributed by atoms with Crippen molar-refractivity contribution in [1.82, 2.24) is 0 Å². The molecular weight excluding hydrogens is 100 g/mol. The molecule has 1 nitrogen and oxygen atoms in total. The fourth-order valence-corrected chi connectivity index (χ4v) is 1.23. The predicted molar refractivity (Wildman–Crippen MR) is 33.8 cm³/mol. The van der Waals surface area contributed by atoms with E-state index in [1.807, 2.05) is 0 Å². The van der Waals surface area contributed by atoms with Crippen LogP contribution in [-0.2, 0) is 4.74 Å². The summed E-state index contributed by atoms with van der Waals surface area (Å²) in [5, 5.41) is 0. The van der Waals surface area contributed by atoms with E-state index in [0.29, 0.717) is 0 Å². The van der Waals surface area contributed by atoms with Crippen molar-refractivity contribution in [2.24, 2.45) is 11.8 Å². The van der Waals surface area contributed by atoms with Crippen molar-refractivity contribution in [3.8, 4) is 0 Å². The van der Waals surface area contributed by atoms with E-state index in [-0.39, 0.29) is 0 Å². The monoisotopic (exact) mass is 114 g/mol. The zero-order valence-corrected chi connectivity index (χ0v) is 5.68. The maximum absolute atomic E-state index is 5.26. The van der Waals surface area contributed by atoms with Gasteiger partial charge in [0.2, 0.25) is 0 Å². The third-order valence-electron chi connectivity index (χ3n) is 2.04. The summed E-state index contributed by atoms with van der Waals surface area (Å²) in [5.41, 5.74) is 0. The van der Waals surface area contributed by atoms with Gasteiger partial charge >= 0.3 is 0 Å². The second-order valence-electron chi connectivity index (χ2n) is 2.68. The van der Waals surface area contributed by atoms with Crippen LogP contribution in [-0.4, -0.2) is 13.2 Å². The highest BCUT2D eigenvalue weighted by atomic mass is 16.5. The molecule has 0 aromatic rings. The van der Waals surface area contributed by atoms with Crippen LogP contribution in [0, 0.1) is 11.8 Å². The molecule has 48 valence electrons. The van der Waals surface area contributed by atoms with E-state index in [1.54, 1.807) is 0 Å². The Balaban J connectivity index is 2.30. The minimum Gasteiger partial charge on any atom is -0.381 e. The lowest BCUT2D eigenvalue weighted by Gasteiger charge is -2.07. The molecule has 1 heterocycles. The van der Waals surface area contributed by atoms with E-state index in [0.717, 1.165) is 25.0 Å². The molecule has 8 heavy (non-hydrogen) atoms. The number of ether oxygens (including phenoxy) is 1. The summed E-state index contributed by atoms with van der Waals surface area (Å²) >= 11 is 0. The molecule has 1 fully saturated rings. The van der Waals surface area contributed by atoms with Crippen molar-refractivity contribution < 1.29 is 4.74 Å². The van der Waals surface area contributed by atoms with Gasteiger partial charge in [0.25, 0.3) is 0 Å². The summed E-state index contributed by atoms with van der Waals surface area (Å²) in [6, 6.07) is 0. The molecule has 0 saturated carbocycles. The summed E-state index contributed by atoms with van der Waals surface area (Å²) < 4.78 is 5.26. The summed E-state index contributed by atoms with van der Waals surface area (Å²) in [6.45, 7) is 6.48. The van der Waals surface area contributed by atoms with Crippen LogP contribution >= 0.6 is 0 Å². The first kappa shape index (κ1) is 6.09. The van der Waals surface area contributed by atoms with Crippen molar-refractivity contribution in [3.05, 3.63) is 0 Å². The van der Waals surface area contributed by atoms with E-state index in [2.05, 4.69) is 13.8 Å². The molecule has 1 rings (SSSR count). The molecular formula is C7H14O. The molecule has 0 aromatic heterocycles. The Morgan fingerprint density at radius 3 is 2.50 bits per heavy atom. The molecule has 1 heteroatoms. The van der Waals surface area contributed by atoms with Gasteiger partial charge in [0.05, 0.1) is 0 Å². The second-order valence-corrected chi connectivity index (χ2v) is 2.68. The molecule has 0 aromatic carbocycles. The van der Waals surface area contributed by atoms with Crippen LogP contribution in [0.25, 0.3) is 0 Å². The smallest absolute Gasteiger partial charge is 0.0497 e. The number of hydrogen-bond acceptors (Lipinski definition) is 1. The quantitative estimate of drug-likeness (QED) is 0.504. The number of rotatable bonds is 1. The first-order valence-electron chi connectivity index (χ1n) is 3.42. The maximum Gasteiger partial charge on any atom is 0.0497 e. The van der Waals surface area contributed by atoms with Crippen LogP contribution in [0.5, 0.6) is 0 Å². The fraction of sp³-hybridized carbons (Fsp3) is 1.00. The van der Waals surface area contributed by atoms with Crippen molar-refractivity contribution in [2.45, 2.75) is 20.3 Å². The summed E-state index contributed by atoms with van der Waals surface area (Å²) in [7, 11) is 0. The molecule has 1 aliphatic heterocycles. The molecule has 0 N–H and O–H groups in total. The van der Waals surface area contributed by atoms with Gasteiger partial charge in [0.15, 0.2) is 0 Å². The third-order valence-corrected chi connectivity index (χ3v) is 2.04. The Bertz CT molecular complexity index is 70.8. The zero-order valence-electron chi connectivity index (χ0n) is 5.68. The van der Waals surface area contributed by atoms with Gasteiger partial charge in [-0.05, 0) is 11.8 Å². The Hall–Kier alpha value is -0.0400. The van der Waals surface area contributed by atoms with Gasteiger partial charge in [-0.3, -0.25) is 0 Å². The Labute approximate surface area is 51.0 Å². The normalized spacial score (nSPS) is 38.2. The van der Waals surface area contributed by atoms with Crippen molar-refractivity contribution >= 4 is 0 Å². The number of hydrogen-bond donors (Lipinski definition) is 0. The predicted octanol–water partition coefficient (Wildman–Crippen LogP) is 1.68. The average Bonchev–Trinajstić information content (AvgIpc) is 2.14. The highest BCUT2D eigenvalue weighted by Crippen LogP contribution is 2.21. The highest BCUT2D eigenvalue weighted by molar-refractivity contribution is 4.69. The zero-order chi connectivity index (χ0) is 5.98. The van der Waals surface area contributed by atoms with E-state index in [9.17, 15) is 0 Å². The fourth-order valence-electron chi connectivity index (χ4n) is 1.23. The minimum absolute atomic E-state index is 0.806. The van der Waals surface area contributed by atoms with Crippen LogP contribution in [0.4, 0.5) is 0 Å². The van der Waals surface area contributed by atoms with E-state index in [4.69, 9.17) is 4.74 Å². The van der Waals surface area contributed by atoms with Gasteiger partial charge in [-0.1, -0.05) is 20.3 Å². The van der Waals surface area contributed by atoms with Crippen LogP contribution < -0.4 is 0 Å². The largest absolute Gasteiger partial charge is 0.381 e. The topological polar surface area (TPSA) is 9.23 Å². The molecule has 1 saturated heterocycles.